The van der Waals surface area contributed by atoms with Crippen LogP contribution in [0.1, 0.15) is 70.7 Å². The number of benzene rings is 2. The largest absolute Gasteiger partial charge is 0.400 e. The molecule has 0 aliphatic carbocycles. The fraction of sp³-hybridized carbons (Fsp3) is 0.317. The maximum absolute atomic E-state index is 13.7. The second-order valence-electron chi connectivity index (χ2n) is 11.2. The number of ketones is 1. The lowest BCUT2D eigenvalue weighted by molar-refractivity contribution is 0.104. The quantitative estimate of drug-likeness (QED) is 0.0458. The summed E-state index contributed by atoms with van der Waals surface area (Å²) in [5.74, 6) is -0.647. The first kappa shape index (κ1) is 42.9. The van der Waals surface area contributed by atoms with Crippen LogP contribution in [-0.4, -0.2) is 41.7 Å². The van der Waals surface area contributed by atoms with E-state index >= 15 is 0 Å². The third-order valence-electron chi connectivity index (χ3n) is 6.93. The van der Waals surface area contributed by atoms with E-state index in [9.17, 15) is 14.0 Å². The summed E-state index contributed by atoms with van der Waals surface area (Å²) in [7, 11) is 1.96. The first-order valence-corrected chi connectivity index (χ1v) is 17.1. The molecule has 1 aromatic heterocycles. The minimum atomic E-state index is -0.618. The third-order valence-corrected chi connectivity index (χ3v) is 6.93. The minimum Gasteiger partial charge on any atom is -0.400 e. The number of likely N-dealkylation sites (N-methyl/N-ethyl adjacent to an activating group) is 1. The molecule has 8 nitrogen and oxygen atoms in total. The molecule has 50 heavy (non-hydrogen) atoms. The second kappa shape index (κ2) is 25.8. The van der Waals surface area contributed by atoms with Crippen LogP contribution in [-0.2, 0) is 6.54 Å². The fourth-order valence-corrected chi connectivity index (χ4v) is 4.21. The van der Waals surface area contributed by atoms with E-state index in [1.54, 1.807) is 18.4 Å². The molecule has 0 fully saturated rings. The fourth-order valence-electron chi connectivity index (χ4n) is 4.21. The second-order valence-corrected chi connectivity index (χ2v) is 11.2. The van der Waals surface area contributed by atoms with E-state index in [1.807, 2.05) is 50.5 Å². The van der Waals surface area contributed by atoms with Gasteiger partial charge in [0.05, 0.1) is 18.3 Å². The van der Waals surface area contributed by atoms with Crippen LogP contribution in [0.5, 0.6) is 0 Å². The van der Waals surface area contributed by atoms with Crippen molar-refractivity contribution in [3.8, 4) is 11.4 Å². The van der Waals surface area contributed by atoms with Crippen molar-refractivity contribution in [3.63, 3.8) is 0 Å². The Morgan fingerprint density at radius 2 is 1.70 bits per heavy atom. The van der Waals surface area contributed by atoms with Gasteiger partial charge in [-0.3, -0.25) is 19.1 Å². The Morgan fingerprint density at radius 3 is 2.30 bits per heavy atom. The molecule has 0 spiro atoms. The molecule has 0 saturated carbocycles. The molecule has 3 rings (SSSR count). The van der Waals surface area contributed by atoms with Gasteiger partial charge in [0.1, 0.15) is 17.3 Å². The Kier molecular flexibility index (Phi) is 22.1. The Balaban J connectivity index is 0.000000527. The van der Waals surface area contributed by atoms with Crippen LogP contribution in [0.3, 0.4) is 0 Å². The van der Waals surface area contributed by atoms with Crippen LogP contribution in [0.15, 0.2) is 131 Å². The summed E-state index contributed by atoms with van der Waals surface area (Å²) < 4.78 is 15.2. The highest BCUT2D eigenvalue weighted by Gasteiger charge is 2.12. The zero-order chi connectivity index (χ0) is 37.1. The van der Waals surface area contributed by atoms with E-state index < -0.39 is 11.6 Å². The molecule has 2 aromatic carbocycles. The number of carbonyl (C=O) groups is 1. The first-order chi connectivity index (χ1) is 24.2. The molecule has 0 aliphatic heterocycles. The smallest absolute Gasteiger partial charge is 0.277 e. The third kappa shape index (κ3) is 16.3. The van der Waals surface area contributed by atoms with Crippen LogP contribution in [0.2, 0.25) is 0 Å². The van der Waals surface area contributed by atoms with Crippen LogP contribution in [0.25, 0.3) is 11.4 Å². The standard InChI is InChI=1S/C23H21FN4O2.C14H24N2.C4H10/c1-2-12-28-22(16-8-4-3-5-9-16)27-15-20(23(28)30)26-14-17(25)13-21(29)18-10-6-7-11-19(18)24;1-5-7-14(10-11-16-6-2)9-8-13(3)12-15-4;1-3-4-2/h2-11,13,15,26H,1,12,14,25H2;6,8-11,15H,5,7,12H2,1-4H3;3-4H2,1-2H3/b17-13-;11-10-,13-8+,14-9+,16-6?;. The predicted octanol–water partition coefficient (Wildman–Crippen LogP) is 8.66. The van der Waals surface area contributed by atoms with Crippen molar-refractivity contribution in [2.24, 2.45) is 10.7 Å². The number of halogens is 1. The normalized spacial score (nSPS) is 11.9. The Labute approximate surface area is 298 Å². The number of aliphatic imine (C=N–C) groups is 1. The van der Waals surface area contributed by atoms with Gasteiger partial charge in [0.2, 0.25) is 0 Å². The number of nitrogens with one attached hydrogen (secondary N) is 2. The van der Waals surface area contributed by atoms with Gasteiger partial charge in [-0.2, -0.15) is 0 Å². The van der Waals surface area contributed by atoms with E-state index in [2.05, 4.69) is 73.1 Å². The summed E-state index contributed by atoms with van der Waals surface area (Å²) >= 11 is 0. The van der Waals surface area contributed by atoms with Crippen molar-refractivity contribution >= 4 is 17.7 Å². The lowest BCUT2D eigenvalue weighted by Gasteiger charge is -2.13. The Hall–Kier alpha value is -5.15. The topological polar surface area (TPSA) is 114 Å². The van der Waals surface area contributed by atoms with Crippen molar-refractivity contribution in [3.05, 3.63) is 143 Å². The van der Waals surface area contributed by atoms with Gasteiger partial charge in [0.15, 0.2) is 5.78 Å². The highest BCUT2D eigenvalue weighted by Crippen LogP contribution is 2.16. The zero-order valence-corrected chi connectivity index (χ0v) is 30.6. The van der Waals surface area contributed by atoms with Gasteiger partial charge in [-0.15, -0.1) is 6.58 Å². The zero-order valence-electron chi connectivity index (χ0n) is 30.6. The first-order valence-electron chi connectivity index (χ1n) is 17.1. The summed E-state index contributed by atoms with van der Waals surface area (Å²) in [5.41, 5.74) is 9.37. The number of rotatable bonds is 16. The summed E-state index contributed by atoms with van der Waals surface area (Å²) in [6.45, 7) is 15.5. The summed E-state index contributed by atoms with van der Waals surface area (Å²) in [6, 6.07) is 15.0. The average molecular weight is 683 g/mol. The molecule has 0 aliphatic rings. The average Bonchev–Trinajstić information content (AvgIpc) is 3.12. The van der Waals surface area contributed by atoms with E-state index in [4.69, 9.17) is 5.73 Å². The monoisotopic (exact) mass is 682 g/mol. The van der Waals surface area contributed by atoms with E-state index in [0.29, 0.717) is 5.82 Å². The van der Waals surface area contributed by atoms with Gasteiger partial charge in [0, 0.05) is 42.8 Å². The SMILES string of the molecule is C=CCn1c(-c2ccccc2)ncc(NC/C(N)=C/C(=O)c2ccccc2F)c1=O.CC=N\C=C/C(=C/C=C(\C)CNC)CCC.CCCC. The van der Waals surface area contributed by atoms with Gasteiger partial charge >= 0.3 is 0 Å². The van der Waals surface area contributed by atoms with Gasteiger partial charge in [-0.1, -0.05) is 106 Å². The number of anilines is 1. The lowest BCUT2D eigenvalue weighted by atomic mass is 10.1. The molecule has 268 valence electrons. The number of nitrogens with zero attached hydrogens (tertiary/aromatic N) is 3. The summed E-state index contributed by atoms with van der Waals surface area (Å²) in [4.78, 5) is 33.6. The highest BCUT2D eigenvalue weighted by molar-refractivity contribution is 6.05. The van der Waals surface area contributed by atoms with E-state index in [1.165, 1.54) is 53.0 Å². The van der Waals surface area contributed by atoms with Gasteiger partial charge < -0.3 is 16.4 Å². The summed E-state index contributed by atoms with van der Waals surface area (Å²) in [5, 5.41) is 6.03. The van der Waals surface area contributed by atoms with Crippen molar-refractivity contribution in [2.45, 2.75) is 66.8 Å². The van der Waals surface area contributed by atoms with E-state index in [0.717, 1.165) is 31.0 Å². The number of aromatic nitrogens is 2. The molecule has 0 radical (unpaired) electrons. The van der Waals surface area contributed by atoms with Gasteiger partial charge in [0.25, 0.3) is 5.56 Å². The number of unbranched alkanes of at least 4 members (excludes halogenated alkanes) is 1. The van der Waals surface area contributed by atoms with Gasteiger partial charge in [-0.05, 0) is 51.1 Å². The van der Waals surface area contributed by atoms with Crippen molar-refractivity contribution < 1.29 is 9.18 Å². The van der Waals surface area contributed by atoms with Crippen molar-refractivity contribution in [1.29, 1.82) is 0 Å². The molecule has 0 atom stereocenters. The number of allylic oxidation sites excluding steroid dienone is 6. The predicted molar refractivity (Wildman–Crippen MR) is 210 cm³/mol. The summed E-state index contributed by atoms with van der Waals surface area (Å²) in [6.07, 6.45) is 19.1. The van der Waals surface area contributed by atoms with E-state index in [-0.39, 0.29) is 35.6 Å². The molecule has 0 saturated heterocycles. The molecule has 0 amide bonds. The number of nitrogens with two attached hydrogens (primary N) is 1. The number of carbonyl (C=O) groups excluding carboxylic acids is 1. The molecule has 1 heterocycles. The van der Waals surface area contributed by atoms with Crippen LogP contribution in [0, 0.1) is 5.82 Å². The van der Waals surface area contributed by atoms with Crippen LogP contribution in [0.4, 0.5) is 10.1 Å². The molecular formula is C41H55FN6O2. The van der Waals surface area contributed by atoms with Crippen LogP contribution >= 0.6 is 0 Å². The molecule has 0 unspecified atom stereocenters. The van der Waals surface area contributed by atoms with Gasteiger partial charge in [-0.25, -0.2) is 9.37 Å². The molecule has 4 N–H and O–H groups in total. The van der Waals surface area contributed by atoms with Crippen molar-refractivity contribution in [1.82, 2.24) is 14.9 Å². The molecule has 9 heteroatoms. The lowest BCUT2D eigenvalue weighted by Crippen LogP contribution is -2.27. The van der Waals surface area contributed by atoms with Crippen molar-refractivity contribution in [2.75, 3.05) is 25.5 Å². The number of hydrogen-bond donors (Lipinski definition) is 3. The Bertz CT molecular complexity index is 1670. The maximum atomic E-state index is 13.7. The maximum Gasteiger partial charge on any atom is 0.277 e. The van der Waals surface area contributed by atoms with Crippen LogP contribution < -0.4 is 21.9 Å². The Morgan fingerprint density at radius 1 is 1.02 bits per heavy atom. The molecule has 0 bridgehead atoms. The number of hydrogen-bond acceptors (Lipinski definition) is 7. The highest BCUT2D eigenvalue weighted by atomic mass is 19.1. The molecule has 3 aromatic rings. The molecular weight excluding hydrogens is 627 g/mol. The minimum absolute atomic E-state index is 0.0237.